The summed E-state index contributed by atoms with van der Waals surface area (Å²) in [5, 5.41) is 20.8. The summed E-state index contributed by atoms with van der Waals surface area (Å²) < 4.78 is 1.97. The minimum atomic E-state index is -0.470. The molecule has 3 rings (SSSR count). The maximum Gasteiger partial charge on any atom is 0.257 e. The van der Waals surface area contributed by atoms with Gasteiger partial charge in [-0.25, -0.2) is 4.68 Å². The number of nitrogens with one attached hydrogen (secondary N) is 2. The smallest absolute Gasteiger partial charge is 0.257 e. The number of hydrogen-bond acceptors (Lipinski definition) is 4. The topological polar surface area (TPSA) is 79.2 Å². The fraction of sp³-hybridized carbons (Fsp3) is 0.565. The van der Waals surface area contributed by atoms with Gasteiger partial charge in [-0.1, -0.05) is 38.1 Å². The number of carbonyl (C=O) groups excluding carboxylic acids is 1. The van der Waals surface area contributed by atoms with Crippen LogP contribution in [0, 0.1) is 6.92 Å². The van der Waals surface area contributed by atoms with Crippen molar-refractivity contribution in [2.24, 2.45) is 0 Å². The number of amides is 1. The Morgan fingerprint density at radius 1 is 1.31 bits per heavy atom. The molecule has 0 saturated carbocycles. The number of anilines is 1. The van der Waals surface area contributed by atoms with Gasteiger partial charge in [-0.15, -0.1) is 0 Å². The van der Waals surface area contributed by atoms with E-state index in [0.29, 0.717) is 5.56 Å². The molecule has 0 saturated heterocycles. The Hall–Kier alpha value is -2.34. The molecule has 158 valence electrons. The Balaban J connectivity index is 1.99. The van der Waals surface area contributed by atoms with Crippen molar-refractivity contribution in [1.82, 2.24) is 15.1 Å². The first kappa shape index (κ1) is 21.4. The number of carbonyl (C=O) groups is 1. The van der Waals surface area contributed by atoms with Crippen LogP contribution in [-0.4, -0.2) is 26.8 Å². The highest BCUT2D eigenvalue weighted by Crippen LogP contribution is 2.36. The molecule has 0 unspecified atom stereocenters. The summed E-state index contributed by atoms with van der Waals surface area (Å²) in [6.07, 6.45) is 2.49. The lowest BCUT2D eigenvalue weighted by Crippen LogP contribution is -2.46. The molecule has 6 heteroatoms. The van der Waals surface area contributed by atoms with Crippen LogP contribution in [-0.2, 0) is 17.7 Å². The molecule has 0 bridgehead atoms. The fourth-order valence-corrected chi connectivity index (χ4v) is 4.61. The Bertz CT molecular complexity index is 879. The maximum atomic E-state index is 13.5. The van der Waals surface area contributed by atoms with Crippen molar-refractivity contribution in [3.05, 3.63) is 46.6 Å². The molecule has 0 spiro atoms. The lowest BCUT2D eigenvalue weighted by Gasteiger charge is -2.37. The lowest BCUT2D eigenvalue weighted by atomic mass is 9.84. The SMILES string of the molecule is CCC(CC)(NC(=O)c1c(C)nn2c1N[C@@H](C)CC2(C)C)c1ccc(CO)cc1. The van der Waals surface area contributed by atoms with Crippen molar-refractivity contribution in [2.45, 2.75) is 84.5 Å². The molecule has 1 aliphatic heterocycles. The quantitative estimate of drug-likeness (QED) is 0.685. The van der Waals surface area contributed by atoms with Gasteiger partial charge >= 0.3 is 0 Å². The number of rotatable bonds is 6. The monoisotopic (exact) mass is 398 g/mol. The first-order valence-corrected chi connectivity index (χ1v) is 10.6. The van der Waals surface area contributed by atoms with Gasteiger partial charge < -0.3 is 15.7 Å². The summed E-state index contributed by atoms with van der Waals surface area (Å²) in [7, 11) is 0. The zero-order valence-corrected chi connectivity index (χ0v) is 18.5. The van der Waals surface area contributed by atoms with Crippen LogP contribution in [0.3, 0.4) is 0 Å². The van der Waals surface area contributed by atoms with Crippen LogP contribution in [0.15, 0.2) is 24.3 Å². The summed E-state index contributed by atoms with van der Waals surface area (Å²) in [5.74, 6) is 0.705. The molecule has 2 aromatic rings. The largest absolute Gasteiger partial charge is 0.392 e. The third-order valence-corrected chi connectivity index (χ3v) is 6.30. The first-order valence-electron chi connectivity index (χ1n) is 10.6. The number of aliphatic hydroxyl groups excluding tert-OH is 1. The van der Waals surface area contributed by atoms with Crippen LogP contribution in [0.25, 0.3) is 0 Å². The predicted molar refractivity (Wildman–Crippen MR) is 116 cm³/mol. The molecule has 1 amide bonds. The van der Waals surface area contributed by atoms with E-state index in [2.05, 4.69) is 45.3 Å². The molecule has 3 N–H and O–H groups in total. The molecular formula is C23H34N4O2. The van der Waals surface area contributed by atoms with Gasteiger partial charge in [0.05, 0.1) is 23.4 Å². The fourth-order valence-electron chi connectivity index (χ4n) is 4.61. The van der Waals surface area contributed by atoms with Crippen LogP contribution >= 0.6 is 0 Å². The summed E-state index contributed by atoms with van der Waals surface area (Å²) in [5.41, 5.74) is 2.67. The molecule has 0 fully saturated rings. The van der Waals surface area contributed by atoms with Crippen LogP contribution in [0.4, 0.5) is 5.82 Å². The zero-order chi connectivity index (χ0) is 21.4. The average Bonchev–Trinajstić information content (AvgIpc) is 3.02. The molecule has 6 nitrogen and oxygen atoms in total. The normalized spacial score (nSPS) is 18.1. The van der Waals surface area contributed by atoms with Crippen LogP contribution in [0.5, 0.6) is 0 Å². The van der Waals surface area contributed by atoms with E-state index in [1.807, 2.05) is 35.9 Å². The summed E-state index contributed by atoms with van der Waals surface area (Å²) in [6, 6.07) is 8.11. The molecule has 1 aromatic heterocycles. The first-order chi connectivity index (χ1) is 13.7. The van der Waals surface area contributed by atoms with Crippen LogP contribution in [0.1, 0.15) is 81.1 Å². The summed E-state index contributed by atoms with van der Waals surface area (Å²) in [4.78, 5) is 13.5. The average molecular weight is 399 g/mol. The van der Waals surface area contributed by atoms with Gasteiger partial charge in [0.25, 0.3) is 5.91 Å². The molecule has 29 heavy (non-hydrogen) atoms. The second-order valence-electron chi connectivity index (χ2n) is 8.88. The number of benzene rings is 1. The lowest BCUT2D eigenvalue weighted by molar-refractivity contribution is 0.0889. The van der Waals surface area contributed by atoms with Crippen molar-refractivity contribution >= 4 is 11.7 Å². The van der Waals surface area contributed by atoms with E-state index in [1.54, 1.807) is 0 Å². The van der Waals surface area contributed by atoms with E-state index in [-0.39, 0.29) is 24.1 Å². The Labute approximate surface area is 173 Å². The van der Waals surface area contributed by atoms with Gasteiger partial charge in [0.1, 0.15) is 11.4 Å². The standard InChI is InChI=1S/C23H34N4O2/c1-7-23(8-2,18-11-9-17(14-28)10-12-18)25-21(29)19-16(4)26-27-20(19)24-15(3)13-22(27,5)6/h9-12,15,24,28H,7-8,13-14H2,1-6H3,(H,25,29)/t15-/m0/s1. The van der Waals surface area contributed by atoms with E-state index < -0.39 is 5.54 Å². The van der Waals surface area contributed by atoms with E-state index in [1.165, 1.54) is 0 Å². The minimum Gasteiger partial charge on any atom is -0.392 e. The molecule has 1 aromatic carbocycles. The van der Waals surface area contributed by atoms with Crippen LogP contribution in [0.2, 0.25) is 0 Å². The number of hydrogen-bond donors (Lipinski definition) is 3. The van der Waals surface area contributed by atoms with Crippen molar-refractivity contribution in [1.29, 1.82) is 0 Å². The summed E-state index contributed by atoms with van der Waals surface area (Å²) in [6.45, 7) is 12.6. The Kier molecular flexibility index (Phi) is 5.77. The Morgan fingerprint density at radius 2 is 1.93 bits per heavy atom. The van der Waals surface area contributed by atoms with E-state index in [4.69, 9.17) is 5.10 Å². The van der Waals surface area contributed by atoms with Gasteiger partial charge in [-0.3, -0.25) is 4.79 Å². The number of aromatic nitrogens is 2. The van der Waals surface area contributed by atoms with Crippen molar-refractivity contribution in [3.8, 4) is 0 Å². The van der Waals surface area contributed by atoms with Crippen LogP contribution < -0.4 is 10.6 Å². The number of nitrogens with zero attached hydrogens (tertiary/aromatic N) is 2. The van der Waals surface area contributed by atoms with Gasteiger partial charge in [-0.2, -0.15) is 5.10 Å². The van der Waals surface area contributed by atoms with E-state index in [0.717, 1.165) is 41.9 Å². The highest BCUT2D eigenvalue weighted by atomic mass is 16.3. The minimum absolute atomic E-state index is 0.0132. The summed E-state index contributed by atoms with van der Waals surface area (Å²) >= 11 is 0. The molecular weight excluding hydrogens is 364 g/mol. The molecule has 2 heterocycles. The Morgan fingerprint density at radius 3 is 2.48 bits per heavy atom. The maximum absolute atomic E-state index is 13.5. The van der Waals surface area contributed by atoms with E-state index >= 15 is 0 Å². The third-order valence-electron chi connectivity index (χ3n) is 6.30. The van der Waals surface area contributed by atoms with Crippen molar-refractivity contribution in [2.75, 3.05) is 5.32 Å². The van der Waals surface area contributed by atoms with E-state index in [9.17, 15) is 9.90 Å². The number of aliphatic hydroxyl groups is 1. The molecule has 0 radical (unpaired) electrons. The van der Waals surface area contributed by atoms with Gasteiger partial charge in [0.2, 0.25) is 0 Å². The second kappa shape index (κ2) is 7.82. The molecule has 0 aliphatic carbocycles. The molecule has 1 atom stereocenters. The predicted octanol–water partition coefficient (Wildman–Crippen LogP) is 4.07. The highest BCUT2D eigenvalue weighted by molar-refractivity contribution is 6.00. The van der Waals surface area contributed by atoms with Gasteiger partial charge in [-0.05, 0) is 58.1 Å². The van der Waals surface area contributed by atoms with Crippen molar-refractivity contribution < 1.29 is 9.90 Å². The molecule has 1 aliphatic rings. The third kappa shape index (κ3) is 3.78. The number of aryl methyl sites for hydroxylation is 1. The van der Waals surface area contributed by atoms with Crippen molar-refractivity contribution in [3.63, 3.8) is 0 Å². The number of fused-ring (bicyclic) bond motifs is 1. The second-order valence-corrected chi connectivity index (χ2v) is 8.88. The zero-order valence-electron chi connectivity index (χ0n) is 18.5. The highest BCUT2D eigenvalue weighted by Gasteiger charge is 2.38. The van der Waals surface area contributed by atoms with Gasteiger partial charge in [0, 0.05) is 6.04 Å². The van der Waals surface area contributed by atoms with Gasteiger partial charge in [0.15, 0.2) is 0 Å².